The van der Waals surface area contributed by atoms with Crippen LogP contribution < -0.4 is 0 Å². The first kappa shape index (κ1) is 25.1. The zero-order valence-electron chi connectivity index (χ0n) is 17.2. The highest BCUT2D eigenvalue weighted by Gasteiger charge is 2.37. The third kappa shape index (κ3) is 10.2. The predicted molar refractivity (Wildman–Crippen MR) is 97.6 cm³/mol. The van der Waals surface area contributed by atoms with Crippen molar-refractivity contribution in [2.75, 3.05) is 46.8 Å². The van der Waals surface area contributed by atoms with E-state index in [1.807, 2.05) is 13.8 Å². The van der Waals surface area contributed by atoms with Crippen molar-refractivity contribution in [3.05, 3.63) is 0 Å². The van der Waals surface area contributed by atoms with Crippen LogP contribution in [0.3, 0.4) is 0 Å². The summed E-state index contributed by atoms with van der Waals surface area (Å²) in [6.45, 7) is 8.79. The van der Waals surface area contributed by atoms with Crippen LogP contribution in [0.5, 0.6) is 0 Å². The highest BCUT2D eigenvalue weighted by atomic mass is 16.6. The number of methoxy groups -OCH3 is 1. The molecular weight excluding hydrogens is 354 g/mol. The Labute approximate surface area is 162 Å². The molecule has 0 fully saturated rings. The number of hydrogen-bond donors (Lipinski definition) is 0. The van der Waals surface area contributed by atoms with E-state index in [0.29, 0.717) is 39.1 Å². The van der Waals surface area contributed by atoms with E-state index in [2.05, 4.69) is 4.74 Å². The Morgan fingerprint density at radius 3 is 2.07 bits per heavy atom. The van der Waals surface area contributed by atoms with Gasteiger partial charge in [0.15, 0.2) is 0 Å². The van der Waals surface area contributed by atoms with Gasteiger partial charge in [-0.15, -0.1) is 0 Å². The maximum Gasteiger partial charge on any atom is 0.311 e. The fourth-order valence-corrected chi connectivity index (χ4v) is 2.14. The number of rotatable bonds is 15. The third-order valence-corrected chi connectivity index (χ3v) is 4.50. The molecule has 0 aromatic heterocycles. The van der Waals surface area contributed by atoms with Crippen molar-refractivity contribution < 1.29 is 33.3 Å². The van der Waals surface area contributed by atoms with E-state index in [4.69, 9.17) is 24.2 Å². The normalized spacial score (nSPS) is 13.3. The molecule has 0 aliphatic rings. The first-order chi connectivity index (χ1) is 12.7. The highest BCUT2D eigenvalue weighted by molar-refractivity contribution is 5.77. The molecule has 8 nitrogen and oxygen atoms in total. The molecule has 0 aromatic rings. The molecule has 156 valence electrons. The van der Waals surface area contributed by atoms with Gasteiger partial charge in [0, 0.05) is 7.11 Å². The van der Waals surface area contributed by atoms with Crippen LogP contribution in [0.15, 0.2) is 0 Å². The maximum atomic E-state index is 12.4. The van der Waals surface area contributed by atoms with Gasteiger partial charge in [0.2, 0.25) is 0 Å². The van der Waals surface area contributed by atoms with Gasteiger partial charge in [0.05, 0.1) is 30.7 Å². The molecule has 1 unspecified atom stereocenters. The van der Waals surface area contributed by atoms with Crippen LogP contribution in [0, 0.1) is 22.3 Å². The molecule has 0 bridgehead atoms. The molecule has 0 radical (unpaired) electrons. The summed E-state index contributed by atoms with van der Waals surface area (Å²) in [6.07, 6.45) is 3.07. The van der Waals surface area contributed by atoms with Crippen molar-refractivity contribution in [2.24, 2.45) is 10.8 Å². The number of nitrogens with zero attached hydrogens (tertiary/aromatic N) is 1. The summed E-state index contributed by atoms with van der Waals surface area (Å²) in [5, 5.41) is 8.29. The quantitative estimate of drug-likeness (QED) is 0.240. The highest BCUT2D eigenvalue weighted by Crippen LogP contribution is 2.35. The summed E-state index contributed by atoms with van der Waals surface area (Å²) in [5.74, 6) is -0.686. The van der Waals surface area contributed by atoms with Gasteiger partial charge in [-0.3, -0.25) is 9.59 Å². The van der Waals surface area contributed by atoms with Crippen LogP contribution in [-0.2, 0) is 33.3 Å². The SMILES string of the molecule is CCC(C)(CCC(C)(C)C(=O)OCCOC#N)C(=O)OCCOCCOC. The molecule has 0 amide bonds. The van der Waals surface area contributed by atoms with Gasteiger partial charge in [-0.25, -0.2) is 0 Å². The Morgan fingerprint density at radius 2 is 1.48 bits per heavy atom. The summed E-state index contributed by atoms with van der Waals surface area (Å²) >= 11 is 0. The molecule has 0 saturated carbocycles. The average molecular weight is 387 g/mol. The summed E-state index contributed by atoms with van der Waals surface area (Å²) in [6, 6.07) is 0. The van der Waals surface area contributed by atoms with Gasteiger partial charge in [0.1, 0.15) is 19.8 Å². The fraction of sp³-hybridized carbons (Fsp3) is 0.842. The average Bonchev–Trinajstić information content (AvgIpc) is 2.65. The standard InChI is InChI=1S/C19H33NO7/c1-6-19(4,17(22)27-13-11-24-10-9-23-5)8-7-18(2,3)16(21)26-14-12-25-15-20/h6-14H2,1-5H3. The van der Waals surface area contributed by atoms with Gasteiger partial charge in [-0.1, -0.05) is 6.92 Å². The van der Waals surface area contributed by atoms with Gasteiger partial charge in [-0.05, 0) is 40.0 Å². The number of nitriles is 1. The minimum atomic E-state index is -0.757. The van der Waals surface area contributed by atoms with Crippen LogP contribution in [0.1, 0.15) is 47.0 Å². The molecule has 0 aliphatic carbocycles. The van der Waals surface area contributed by atoms with Crippen molar-refractivity contribution in [3.8, 4) is 6.26 Å². The monoisotopic (exact) mass is 387 g/mol. The van der Waals surface area contributed by atoms with Crippen molar-refractivity contribution in [1.82, 2.24) is 0 Å². The molecule has 1 atom stereocenters. The Hall–Kier alpha value is -1.85. The van der Waals surface area contributed by atoms with Gasteiger partial charge in [-0.2, -0.15) is 5.26 Å². The van der Waals surface area contributed by atoms with Crippen molar-refractivity contribution in [3.63, 3.8) is 0 Å². The van der Waals surface area contributed by atoms with E-state index in [0.717, 1.165) is 0 Å². The Morgan fingerprint density at radius 1 is 0.889 bits per heavy atom. The number of ether oxygens (including phenoxy) is 5. The predicted octanol–water partition coefficient (Wildman–Crippen LogP) is 2.46. The van der Waals surface area contributed by atoms with Crippen molar-refractivity contribution >= 4 is 11.9 Å². The molecule has 0 spiro atoms. The topological polar surface area (TPSA) is 104 Å². The summed E-state index contributed by atoms with van der Waals surface area (Å²) in [7, 11) is 1.59. The maximum absolute atomic E-state index is 12.4. The molecule has 0 saturated heterocycles. The van der Waals surface area contributed by atoms with Crippen LogP contribution >= 0.6 is 0 Å². The second kappa shape index (κ2) is 13.3. The van der Waals surface area contributed by atoms with E-state index >= 15 is 0 Å². The summed E-state index contributed by atoms with van der Waals surface area (Å²) in [4.78, 5) is 24.6. The van der Waals surface area contributed by atoms with Crippen LogP contribution in [-0.4, -0.2) is 58.7 Å². The lowest BCUT2D eigenvalue weighted by Crippen LogP contribution is -2.34. The molecule has 0 N–H and O–H groups in total. The first-order valence-electron chi connectivity index (χ1n) is 9.15. The molecule has 27 heavy (non-hydrogen) atoms. The van der Waals surface area contributed by atoms with E-state index in [9.17, 15) is 9.59 Å². The molecule has 0 aliphatic heterocycles. The van der Waals surface area contributed by atoms with Crippen LogP contribution in [0.2, 0.25) is 0 Å². The largest absolute Gasteiger partial charge is 0.463 e. The number of carbonyl (C=O) groups excluding carboxylic acids is 2. The smallest absolute Gasteiger partial charge is 0.311 e. The van der Waals surface area contributed by atoms with E-state index in [1.54, 1.807) is 21.0 Å². The molecule has 0 aromatic carbocycles. The zero-order valence-corrected chi connectivity index (χ0v) is 17.2. The minimum absolute atomic E-state index is 0.0198. The lowest BCUT2D eigenvalue weighted by Gasteiger charge is -2.30. The second-order valence-corrected chi connectivity index (χ2v) is 7.11. The lowest BCUT2D eigenvalue weighted by molar-refractivity contribution is -0.161. The van der Waals surface area contributed by atoms with Gasteiger partial charge in [0.25, 0.3) is 6.26 Å². The Balaban J connectivity index is 4.42. The second-order valence-electron chi connectivity index (χ2n) is 7.11. The van der Waals surface area contributed by atoms with E-state index < -0.39 is 10.8 Å². The minimum Gasteiger partial charge on any atom is -0.463 e. The van der Waals surface area contributed by atoms with Gasteiger partial charge >= 0.3 is 11.9 Å². The fourth-order valence-electron chi connectivity index (χ4n) is 2.14. The molecule has 0 heterocycles. The Bertz CT molecular complexity index is 487. The lowest BCUT2D eigenvalue weighted by atomic mass is 9.76. The molecule has 0 rings (SSSR count). The number of carbonyl (C=O) groups is 2. The van der Waals surface area contributed by atoms with Crippen LogP contribution in [0.25, 0.3) is 0 Å². The molecular formula is C19H33NO7. The van der Waals surface area contributed by atoms with Gasteiger partial charge < -0.3 is 23.7 Å². The van der Waals surface area contributed by atoms with Crippen molar-refractivity contribution in [1.29, 1.82) is 5.26 Å². The number of hydrogen-bond acceptors (Lipinski definition) is 8. The summed E-state index contributed by atoms with van der Waals surface area (Å²) in [5.41, 5.74) is -1.44. The zero-order chi connectivity index (χ0) is 20.8. The van der Waals surface area contributed by atoms with Crippen molar-refractivity contribution in [2.45, 2.75) is 47.0 Å². The van der Waals surface area contributed by atoms with Crippen LogP contribution in [0.4, 0.5) is 0 Å². The first-order valence-corrected chi connectivity index (χ1v) is 9.15. The third-order valence-electron chi connectivity index (χ3n) is 4.50. The summed E-state index contributed by atoms with van der Waals surface area (Å²) < 4.78 is 25.1. The molecule has 8 heteroatoms. The van der Waals surface area contributed by atoms with E-state index in [1.165, 1.54) is 6.26 Å². The van der Waals surface area contributed by atoms with E-state index in [-0.39, 0.29) is 31.8 Å². The number of esters is 2. The Kier molecular flexibility index (Phi) is 12.4.